The predicted octanol–water partition coefficient (Wildman–Crippen LogP) is 4.37. The zero-order chi connectivity index (χ0) is 23.1. The highest BCUT2D eigenvalue weighted by molar-refractivity contribution is 5.56. The standard InChI is InChI=1S/C26H29N7O/c1-18-16-32(17-27-18)23-11-10-22(28-26(23)34-2)24-29-25-21(9-6-14-33(25)30-24)19-7-5-8-20(15-19)31-12-3-4-13-31/h5,7-8,10-11,15-17,21H,3-4,6,9,12-14H2,1-2H3/t21-/m1/s1. The smallest absolute Gasteiger partial charge is 0.238 e. The minimum atomic E-state index is 0.243. The van der Waals surface area contributed by atoms with Gasteiger partial charge < -0.3 is 14.2 Å². The number of hydrogen-bond donors (Lipinski definition) is 0. The number of benzene rings is 1. The van der Waals surface area contributed by atoms with Crippen molar-refractivity contribution >= 4 is 5.69 Å². The molecular weight excluding hydrogens is 426 g/mol. The molecule has 8 heteroatoms. The molecule has 1 aromatic carbocycles. The Kier molecular flexibility index (Phi) is 5.28. The van der Waals surface area contributed by atoms with Gasteiger partial charge in [0, 0.05) is 37.4 Å². The van der Waals surface area contributed by atoms with Crippen molar-refractivity contribution < 1.29 is 4.74 Å². The van der Waals surface area contributed by atoms with Crippen LogP contribution >= 0.6 is 0 Å². The number of fused-ring (bicyclic) bond motifs is 1. The van der Waals surface area contributed by atoms with E-state index in [9.17, 15) is 0 Å². The maximum Gasteiger partial charge on any atom is 0.238 e. The van der Waals surface area contributed by atoms with Gasteiger partial charge in [0.1, 0.15) is 17.2 Å². The molecule has 0 spiro atoms. The Balaban J connectivity index is 1.33. The van der Waals surface area contributed by atoms with E-state index in [0.29, 0.717) is 17.4 Å². The van der Waals surface area contributed by atoms with Crippen molar-refractivity contribution in [2.24, 2.45) is 0 Å². The number of ether oxygens (including phenoxy) is 1. The molecule has 1 atom stereocenters. The number of aromatic nitrogens is 6. The fraction of sp³-hybridized carbons (Fsp3) is 0.385. The average molecular weight is 456 g/mol. The van der Waals surface area contributed by atoms with E-state index in [1.54, 1.807) is 13.4 Å². The summed E-state index contributed by atoms with van der Waals surface area (Å²) in [7, 11) is 1.63. The van der Waals surface area contributed by atoms with Crippen LogP contribution in [0.5, 0.6) is 5.88 Å². The number of pyridine rings is 1. The summed E-state index contributed by atoms with van der Waals surface area (Å²) < 4.78 is 9.58. The molecule has 8 nitrogen and oxygen atoms in total. The third-order valence-corrected chi connectivity index (χ3v) is 6.87. The first kappa shape index (κ1) is 20.9. The Bertz CT molecular complexity index is 1320. The van der Waals surface area contributed by atoms with E-state index in [0.717, 1.165) is 49.7 Å². The van der Waals surface area contributed by atoms with Crippen LogP contribution in [-0.4, -0.2) is 49.5 Å². The van der Waals surface area contributed by atoms with Crippen molar-refractivity contribution in [2.45, 2.75) is 45.1 Å². The normalized spacial score (nSPS) is 17.7. The van der Waals surface area contributed by atoms with Crippen LogP contribution < -0.4 is 9.64 Å². The number of hydrogen-bond acceptors (Lipinski definition) is 6. The summed E-state index contributed by atoms with van der Waals surface area (Å²) in [5, 5.41) is 4.84. The van der Waals surface area contributed by atoms with Crippen LogP contribution in [0.4, 0.5) is 5.69 Å². The Labute approximate surface area is 199 Å². The summed E-state index contributed by atoms with van der Waals surface area (Å²) in [4.78, 5) is 16.5. The second kappa shape index (κ2) is 8.59. The van der Waals surface area contributed by atoms with Crippen LogP contribution in [-0.2, 0) is 6.54 Å². The first-order valence-electron chi connectivity index (χ1n) is 12.1. The van der Waals surface area contributed by atoms with Gasteiger partial charge in [-0.05, 0) is 62.4 Å². The lowest BCUT2D eigenvalue weighted by Crippen LogP contribution is -2.20. The van der Waals surface area contributed by atoms with E-state index in [1.807, 2.05) is 29.8 Å². The van der Waals surface area contributed by atoms with Gasteiger partial charge in [0.15, 0.2) is 5.82 Å². The lowest BCUT2D eigenvalue weighted by molar-refractivity contribution is 0.396. The Morgan fingerprint density at radius 2 is 1.88 bits per heavy atom. The van der Waals surface area contributed by atoms with E-state index in [4.69, 9.17) is 19.8 Å². The molecule has 0 radical (unpaired) electrons. The summed E-state index contributed by atoms with van der Waals surface area (Å²) in [6.45, 7) is 5.14. The third-order valence-electron chi connectivity index (χ3n) is 6.87. The summed E-state index contributed by atoms with van der Waals surface area (Å²) in [5.41, 5.74) is 5.13. The number of nitrogens with zero attached hydrogens (tertiary/aromatic N) is 7. The molecule has 3 aromatic heterocycles. The number of methoxy groups -OCH3 is 1. The van der Waals surface area contributed by atoms with Gasteiger partial charge in [-0.25, -0.2) is 19.6 Å². The largest absolute Gasteiger partial charge is 0.479 e. The molecule has 5 heterocycles. The number of imidazole rings is 1. The monoisotopic (exact) mass is 455 g/mol. The van der Waals surface area contributed by atoms with Crippen LogP contribution in [0.1, 0.15) is 48.7 Å². The van der Waals surface area contributed by atoms with Crippen molar-refractivity contribution in [1.82, 2.24) is 29.3 Å². The molecule has 0 amide bonds. The van der Waals surface area contributed by atoms with Crippen molar-refractivity contribution in [3.63, 3.8) is 0 Å². The Morgan fingerprint density at radius 3 is 2.68 bits per heavy atom. The summed E-state index contributed by atoms with van der Waals surface area (Å²) >= 11 is 0. The zero-order valence-corrected chi connectivity index (χ0v) is 19.7. The molecule has 4 aromatic rings. The number of anilines is 1. The molecule has 0 unspecified atom stereocenters. The van der Waals surface area contributed by atoms with Crippen molar-refractivity contribution in [1.29, 1.82) is 0 Å². The van der Waals surface area contributed by atoms with Crippen LogP contribution in [0, 0.1) is 6.92 Å². The fourth-order valence-corrected chi connectivity index (χ4v) is 5.15. The van der Waals surface area contributed by atoms with E-state index < -0.39 is 0 Å². The van der Waals surface area contributed by atoms with Crippen molar-refractivity contribution in [3.05, 3.63) is 66.0 Å². The Morgan fingerprint density at radius 1 is 1.00 bits per heavy atom. The van der Waals surface area contributed by atoms with Gasteiger partial charge in [-0.2, -0.15) is 0 Å². The van der Waals surface area contributed by atoms with Crippen LogP contribution in [0.3, 0.4) is 0 Å². The van der Waals surface area contributed by atoms with Gasteiger partial charge in [-0.3, -0.25) is 0 Å². The maximum absolute atomic E-state index is 5.60. The van der Waals surface area contributed by atoms with E-state index in [-0.39, 0.29) is 5.92 Å². The molecule has 2 aliphatic heterocycles. The molecule has 174 valence electrons. The van der Waals surface area contributed by atoms with E-state index in [2.05, 4.69) is 38.8 Å². The summed E-state index contributed by atoms with van der Waals surface area (Å²) in [5.74, 6) is 2.43. The fourth-order valence-electron chi connectivity index (χ4n) is 5.15. The average Bonchev–Trinajstić information content (AvgIpc) is 3.64. The topological polar surface area (TPSA) is 73.9 Å². The van der Waals surface area contributed by atoms with Gasteiger partial charge in [-0.15, -0.1) is 5.10 Å². The van der Waals surface area contributed by atoms with Gasteiger partial charge in [0.05, 0.1) is 19.1 Å². The van der Waals surface area contributed by atoms with Gasteiger partial charge in [0.25, 0.3) is 0 Å². The minimum Gasteiger partial charge on any atom is -0.479 e. The highest BCUT2D eigenvalue weighted by atomic mass is 16.5. The molecule has 1 fully saturated rings. The van der Waals surface area contributed by atoms with Crippen molar-refractivity contribution in [3.8, 4) is 23.1 Å². The predicted molar refractivity (Wildman–Crippen MR) is 131 cm³/mol. The molecule has 1 saturated heterocycles. The van der Waals surface area contributed by atoms with Crippen LogP contribution in [0.2, 0.25) is 0 Å². The molecule has 0 aliphatic carbocycles. The highest BCUT2D eigenvalue weighted by Crippen LogP contribution is 2.35. The van der Waals surface area contributed by atoms with Gasteiger partial charge >= 0.3 is 0 Å². The third kappa shape index (κ3) is 3.73. The van der Waals surface area contributed by atoms with Gasteiger partial charge in [0.2, 0.25) is 5.88 Å². The lowest BCUT2D eigenvalue weighted by Gasteiger charge is -2.24. The lowest BCUT2D eigenvalue weighted by atomic mass is 9.91. The second-order valence-corrected chi connectivity index (χ2v) is 9.15. The second-order valence-electron chi connectivity index (χ2n) is 9.15. The molecule has 34 heavy (non-hydrogen) atoms. The molecule has 2 aliphatic rings. The quantitative estimate of drug-likeness (QED) is 0.445. The Hall–Kier alpha value is -3.68. The minimum absolute atomic E-state index is 0.243. The van der Waals surface area contributed by atoms with Gasteiger partial charge in [-0.1, -0.05) is 12.1 Å². The molecule has 6 rings (SSSR count). The number of aryl methyl sites for hydroxylation is 2. The molecule has 0 saturated carbocycles. The maximum atomic E-state index is 5.60. The summed E-state index contributed by atoms with van der Waals surface area (Å²) in [6, 6.07) is 12.9. The number of rotatable bonds is 5. The zero-order valence-electron chi connectivity index (χ0n) is 19.7. The first-order valence-corrected chi connectivity index (χ1v) is 12.1. The van der Waals surface area contributed by atoms with Crippen LogP contribution in [0.15, 0.2) is 48.9 Å². The summed E-state index contributed by atoms with van der Waals surface area (Å²) in [6.07, 6.45) is 8.44. The molecule has 0 bridgehead atoms. The highest BCUT2D eigenvalue weighted by Gasteiger charge is 2.27. The molecule has 0 N–H and O–H groups in total. The van der Waals surface area contributed by atoms with Crippen molar-refractivity contribution in [2.75, 3.05) is 25.1 Å². The van der Waals surface area contributed by atoms with Crippen LogP contribution in [0.25, 0.3) is 17.2 Å². The van der Waals surface area contributed by atoms with E-state index in [1.165, 1.54) is 24.1 Å². The first-order chi connectivity index (χ1) is 16.7. The SMILES string of the molecule is COc1nc(-c2nc3n(n2)CCC[C@@H]3c2cccc(N3CCCC3)c2)ccc1-n1cnc(C)c1. The van der Waals surface area contributed by atoms with E-state index >= 15 is 0 Å². The molecular formula is C26H29N7O.